The zero-order valence-corrected chi connectivity index (χ0v) is 20.2. The van der Waals surface area contributed by atoms with Crippen molar-refractivity contribution in [2.75, 3.05) is 18.4 Å². The molecule has 0 amide bonds. The summed E-state index contributed by atoms with van der Waals surface area (Å²) < 4.78 is 13.0. The van der Waals surface area contributed by atoms with Gasteiger partial charge in [0, 0.05) is 33.0 Å². The Morgan fingerprint density at radius 2 is 1.94 bits per heavy atom. The van der Waals surface area contributed by atoms with Crippen molar-refractivity contribution in [2.24, 2.45) is 0 Å². The number of hydrogen-bond acceptors (Lipinski definition) is 6. The van der Waals surface area contributed by atoms with Gasteiger partial charge in [0.1, 0.15) is 17.7 Å². The van der Waals surface area contributed by atoms with Gasteiger partial charge in [-0.05, 0) is 80.4 Å². The van der Waals surface area contributed by atoms with Gasteiger partial charge in [-0.3, -0.25) is 0 Å². The normalized spacial score (nSPS) is 18.5. The van der Waals surface area contributed by atoms with Gasteiger partial charge in [0.05, 0.1) is 16.3 Å². The second kappa shape index (κ2) is 9.96. The van der Waals surface area contributed by atoms with Crippen LogP contribution in [0.15, 0.2) is 82.8 Å². The number of anilines is 2. The Labute approximate surface area is 207 Å². The number of aryl methyl sites for hydroxylation is 1. The molecule has 2 atom stereocenters. The number of aliphatic hydroxyl groups is 1. The molecule has 3 aromatic carbocycles. The average molecular weight is 483 g/mol. The van der Waals surface area contributed by atoms with Crippen LogP contribution in [0.3, 0.4) is 0 Å². The first-order valence-corrected chi connectivity index (χ1v) is 12.7. The molecule has 176 valence electrons. The Morgan fingerprint density at radius 3 is 2.71 bits per heavy atom. The fraction of sp³-hybridized carbons (Fsp3) is 0.214. The second-order valence-electron chi connectivity index (χ2n) is 8.70. The third-order valence-corrected chi connectivity index (χ3v) is 7.59. The van der Waals surface area contributed by atoms with Gasteiger partial charge in [-0.1, -0.05) is 30.0 Å². The quantitative estimate of drug-likeness (QED) is 0.376. The van der Waals surface area contributed by atoms with Gasteiger partial charge in [0.2, 0.25) is 0 Å². The minimum atomic E-state index is -1.24. The molecule has 4 aromatic rings. The molecule has 2 heterocycles. The van der Waals surface area contributed by atoms with E-state index in [2.05, 4.69) is 32.4 Å². The van der Waals surface area contributed by atoms with E-state index in [0.29, 0.717) is 18.8 Å². The maximum absolute atomic E-state index is 13.0. The van der Waals surface area contributed by atoms with Gasteiger partial charge in [-0.2, -0.15) is 0 Å². The summed E-state index contributed by atoms with van der Waals surface area (Å²) in [5, 5.41) is 18.1. The Balaban J connectivity index is 1.42. The molecule has 0 spiro atoms. The van der Waals surface area contributed by atoms with Gasteiger partial charge in [0.15, 0.2) is 0 Å². The summed E-state index contributed by atoms with van der Waals surface area (Å²) in [6.45, 7) is 3.35. The highest BCUT2D eigenvalue weighted by molar-refractivity contribution is 7.85. The molecule has 1 fully saturated rings. The van der Waals surface area contributed by atoms with Crippen molar-refractivity contribution in [1.82, 2.24) is 15.3 Å². The zero-order chi connectivity index (χ0) is 24.3. The van der Waals surface area contributed by atoms with E-state index in [1.807, 2.05) is 73.7 Å². The highest BCUT2D eigenvalue weighted by atomic mass is 32.2. The van der Waals surface area contributed by atoms with Crippen LogP contribution in [0.2, 0.25) is 0 Å². The smallest absolute Gasteiger partial charge is 0.141 e. The third-order valence-electron chi connectivity index (χ3n) is 6.03. The van der Waals surface area contributed by atoms with Crippen LogP contribution in [0, 0.1) is 18.8 Å². The van der Waals surface area contributed by atoms with Crippen LogP contribution in [0.1, 0.15) is 24.0 Å². The van der Waals surface area contributed by atoms with E-state index in [1.54, 1.807) is 0 Å². The highest BCUT2D eigenvalue weighted by Gasteiger charge is 2.26. The van der Waals surface area contributed by atoms with Crippen LogP contribution in [0.4, 0.5) is 11.5 Å². The number of fused-ring (bicyclic) bond motifs is 1. The first kappa shape index (κ1) is 23.2. The summed E-state index contributed by atoms with van der Waals surface area (Å²) in [6.07, 6.45) is 3.10. The molecule has 0 radical (unpaired) electrons. The molecule has 0 aliphatic carbocycles. The Kier molecular flexibility index (Phi) is 6.60. The first-order valence-electron chi connectivity index (χ1n) is 11.6. The van der Waals surface area contributed by atoms with Crippen molar-refractivity contribution >= 4 is 33.2 Å². The van der Waals surface area contributed by atoms with Crippen LogP contribution in [0.5, 0.6) is 0 Å². The first-order chi connectivity index (χ1) is 17.0. The lowest BCUT2D eigenvalue weighted by atomic mass is 9.94. The van der Waals surface area contributed by atoms with Crippen LogP contribution >= 0.6 is 0 Å². The van der Waals surface area contributed by atoms with E-state index in [9.17, 15) is 9.32 Å². The summed E-state index contributed by atoms with van der Waals surface area (Å²) >= 11 is 0. The largest absolute Gasteiger partial charge is 0.376 e. The molecule has 35 heavy (non-hydrogen) atoms. The lowest BCUT2D eigenvalue weighted by molar-refractivity contribution is 0.0736. The average Bonchev–Trinajstić information content (AvgIpc) is 2.88. The van der Waals surface area contributed by atoms with Crippen molar-refractivity contribution in [3.63, 3.8) is 0 Å². The van der Waals surface area contributed by atoms with Gasteiger partial charge in [0.25, 0.3) is 0 Å². The molecule has 0 saturated carbocycles. The molecule has 6 nitrogen and oxygen atoms in total. The van der Waals surface area contributed by atoms with Crippen LogP contribution < -0.4 is 10.6 Å². The molecule has 5 rings (SSSR count). The Morgan fingerprint density at radius 1 is 1.09 bits per heavy atom. The molecule has 0 bridgehead atoms. The highest BCUT2D eigenvalue weighted by Crippen LogP contribution is 2.27. The number of β-amino-alcohol motifs (C(OH)–C–C–N with tert-alkyl or cyclic N) is 1. The molecule has 3 N–H and O–H groups in total. The molecular weight excluding hydrogens is 456 g/mol. The molecule has 2 unspecified atom stereocenters. The van der Waals surface area contributed by atoms with Crippen LogP contribution in [-0.2, 0) is 10.8 Å². The number of rotatable bonds is 4. The fourth-order valence-corrected chi connectivity index (χ4v) is 5.36. The topological polar surface area (TPSA) is 87.1 Å². The molecule has 1 saturated heterocycles. The van der Waals surface area contributed by atoms with E-state index < -0.39 is 16.4 Å². The summed E-state index contributed by atoms with van der Waals surface area (Å²) in [7, 11) is -1.24. The fourth-order valence-electron chi connectivity index (χ4n) is 4.16. The number of hydrogen-bond donors (Lipinski definition) is 3. The predicted molar refractivity (Wildman–Crippen MR) is 139 cm³/mol. The number of nitrogens with one attached hydrogen (secondary N) is 2. The van der Waals surface area contributed by atoms with E-state index in [1.165, 1.54) is 6.33 Å². The minimum absolute atomic E-state index is 0.480. The van der Waals surface area contributed by atoms with Crippen LogP contribution in [-0.4, -0.2) is 38.0 Å². The van der Waals surface area contributed by atoms with Crippen LogP contribution in [0.25, 0.3) is 10.9 Å². The van der Waals surface area contributed by atoms with Crippen molar-refractivity contribution < 1.29 is 9.32 Å². The molecular formula is C28H26N4O2S. The maximum atomic E-state index is 13.0. The van der Waals surface area contributed by atoms with Crippen molar-refractivity contribution in [2.45, 2.75) is 35.2 Å². The molecule has 7 heteroatoms. The summed E-state index contributed by atoms with van der Waals surface area (Å²) in [4.78, 5) is 10.4. The van der Waals surface area contributed by atoms with E-state index >= 15 is 0 Å². The van der Waals surface area contributed by atoms with Gasteiger partial charge in [-0.25, -0.2) is 14.2 Å². The van der Waals surface area contributed by atoms with E-state index in [-0.39, 0.29) is 0 Å². The SMILES string of the molecule is Cc1cc(Nc2ncnc3ccc(C#CC4(O)CCCNC4)cc23)ccc1S(=O)c1ccccc1. The Hall–Kier alpha value is -3.57. The zero-order valence-electron chi connectivity index (χ0n) is 19.4. The third kappa shape index (κ3) is 5.25. The number of aromatic nitrogens is 2. The van der Waals surface area contributed by atoms with Crippen molar-refractivity contribution in [1.29, 1.82) is 0 Å². The van der Waals surface area contributed by atoms with Gasteiger partial charge >= 0.3 is 0 Å². The summed E-state index contributed by atoms with van der Waals surface area (Å²) in [5.41, 5.74) is 2.36. The number of nitrogens with zero attached hydrogens (tertiary/aromatic N) is 2. The van der Waals surface area contributed by atoms with E-state index in [4.69, 9.17) is 0 Å². The maximum Gasteiger partial charge on any atom is 0.141 e. The van der Waals surface area contributed by atoms with Crippen molar-refractivity contribution in [3.8, 4) is 11.8 Å². The summed E-state index contributed by atoms with van der Waals surface area (Å²) in [6, 6.07) is 21.0. The summed E-state index contributed by atoms with van der Waals surface area (Å²) in [5.74, 6) is 6.82. The molecule has 1 aliphatic heterocycles. The molecule has 1 aliphatic rings. The van der Waals surface area contributed by atoms with Gasteiger partial charge in [-0.15, -0.1) is 0 Å². The lowest BCUT2D eigenvalue weighted by Gasteiger charge is -2.27. The monoisotopic (exact) mass is 482 g/mol. The second-order valence-corrected chi connectivity index (χ2v) is 10.2. The standard InChI is InChI=1S/C28H26N4O2S/c1-20-16-22(9-11-26(20)35(34)23-6-3-2-4-7-23)32-27-24-17-21(8-10-25(24)30-19-31-27)12-14-28(33)13-5-15-29-18-28/h2-4,6-11,16-17,19,29,33H,5,13,15,18H2,1H3,(H,30,31,32). The van der Waals surface area contributed by atoms with Gasteiger partial charge < -0.3 is 15.7 Å². The Bertz CT molecular complexity index is 1450. The minimum Gasteiger partial charge on any atom is -0.376 e. The predicted octanol–water partition coefficient (Wildman–Crippen LogP) is 4.31. The molecule has 1 aromatic heterocycles. The van der Waals surface area contributed by atoms with Crippen molar-refractivity contribution in [3.05, 3.63) is 84.2 Å². The van der Waals surface area contributed by atoms with E-state index in [0.717, 1.165) is 50.5 Å². The number of piperidine rings is 1. The number of benzene rings is 3. The lowest BCUT2D eigenvalue weighted by Crippen LogP contribution is -2.44.